The van der Waals surface area contributed by atoms with Gasteiger partial charge in [-0.05, 0) is 38.1 Å². The molecule has 0 spiro atoms. The summed E-state index contributed by atoms with van der Waals surface area (Å²) in [5.41, 5.74) is 0. The molecule has 3 nitrogen and oxygen atoms in total. The summed E-state index contributed by atoms with van der Waals surface area (Å²) in [6.45, 7) is 6.55. The number of hydrogen-bond acceptors (Lipinski definition) is 3. The Labute approximate surface area is 97.8 Å². The summed E-state index contributed by atoms with van der Waals surface area (Å²) < 4.78 is 5.39. The van der Waals surface area contributed by atoms with E-state index in [-0.39, 0.29) is 0 Å². The van der Waals surface area contributed by atoms with E-state index in [9.17, 15) is 0 Å². The summed E-state index contributed by atoms with van der Waals surface area (Å²) in [4.78, 5) is 2.45. The average Bonchev–Trinajstić information content (AvgIpc) is 2.82. The number of piperidine rings is 1. The molecule has 0 aliphatic carbocycles. The van der Waals surface area contributed by atoms with Crippen LogP contribution >= 0.6 is 0 Å². The predicted molar refractivity (Wildman–Crippen MR) is 65.3 cm³/mol. The van der Waals surface area contributed by atoms with Crippen molar-refractivity contribution >= 4 is 0 Å². The number of rotatable bonds is 5. The molecule has 1 saturated heterocycles. The van der Waals surface area contributed by atoms with Gasteiger partial charge in [-0.15, -0.1) is 0 Å². The molecule has 2 heterocycles. The Kier molecular flexibility index (Phi) is 4.43. The molecule has 1 atom stereocenters. The molecule has 1 aromatic rings. The molecule has 1 aromatic heterocycles. The normalized spacial score (nSPS) is 21.5. The zero-order valence-electron chi connectivity index (χ0n) is 10.1. The van der Waals surface area contributed by atoms with Gasteiger partial charge in [0.1, 0.15) is 5.76 Å². The van der Waals surface area contributed by atoms with Crippen LogP contribution in [0.15, 0.2) is 22.8 Å². The third-order valence-corrected chi connectivity index (χ3v) is 3.30. The lowest BCUT2D eigenvalue weighted by molar-refractivity contribution is 0.212. The topological polar surface area (TPSA) is 28.4 Å². The average molecular weight is 222 g/mol. The van der Waals surface area contributed by atoms with Crippen LogP contribution in [0, 0.1) is 0 Å². The smallest absolute Gasteiger partial charge is 0.117 e. The highest BCUT2D eigenvalue weighted by atomic mass is 16.3. The number of likely N-dealkylation sites (N-methyl/N-ethyl adjacent to an activating group) is 1. The Bertz CT molecular complexity index is 278. The van der Waals surface area contributed by atoms with Crippen LogP contribution in [-0.4, -0.2) is 30.6 Å². The Morgan fingerprint density at radius 2 is 2.44 bits per heavy atom. The van der Waals surface area contributed by atoms with Gasteiger partial charge in [-0.25, -0.2) is 0 Å². The van der Waals surface area contributed by atoms with Gasteiger partial charge in [-0.1, -0.05) is 13.3 Å². The summed E-state index contributed by atoms with van der Waals surface area (Å²) in [5.74, 6) is 1.07. The molecule has 16 heavy (non-hydrogen) atoms. The van der Waals surface area contributed by atoms with Crippen LogP contribution in [0.3, 0.4) is 0 Å². The molecule has 0 bridgehead atoms. The van der Waals surface area contributed by atoms with Gasteiger partial charge in [0.25, 0.3) is 0 Å². The maximum atomic E-state index is 5.39. The van der Waals surface area contributed by atoms with Crippen LogP contribution in [0.1, 0.15) is 31.9 Å². The van der Waals surface area contributed by atoms with E-state index < -0.39 is 0 Å². The highest BCUT2D eigenvalue weighted by Crippen LogP contribution is 2.11. The molecule has 0 radical (unpaired) electrons. The van der Waals surface area contributed by atoms with E-state index in [1.54, 1.807) is 6.26 Å². The molecule has 3 heteroatoms. The lowest BCUT2D eigenvalue weighted by Crippen LogP contribution is -2.43. The van der Waals surface area contributed by atoms with Crippen molar-refractivity contribution in [3.63, 3.8) is 0 Å². The first-order valence-corrected chi connectivity index (χ1v) is 6.36. The number of furan rings is 1. The minimum atomic E-state index is 0.670. The van der Waals surface area contributed by atoms with Crippen molar-refractivity contribution < 1.29 is 4.42 Å². The molecule has 0 amide bonds. The highest BCUT2D eigenvalue weighted by Gasteiger charge is 2.16. The lowest BCUT2D eigenvalue weighted by atomic mass is 10.0. The standard InChI is InChI=1S/C13H22N2O/c1-2-15(11-13-7-5-9-16-13)10-12-6-3-4-8-14-12/h5,7,9,12,14H,2-4,6,8,10-11H2,1H3. The van der Waals surface area contributed by atoms with Crippen molar-refractivity contribution in [3.8, 4) is 0 Å². The summed E-state index contributed by atoms with van der Waals surface area (Å²) in [6, 6.07) is 4.68. The molecule has 2 rings (SSSR count). The first kappa shape index (κ1) is 11.7. The van der Waals surface area contributed by atoms with E-state index in [0.717, 1.165) is 25.4 Å². The fourth-order valence-electron chi connectivity index (χ4n) is 2.32. The number of nitrogens with one attached hydrogen (secondary N) is 1. The second-order valence-corrected chi connectivity index (χ2v) is 4.55. The second-order valence-electron chi connectivity index (χ2n) is 4.55. The van der Waals surface area contributed by atoms with Gasteiger partial charge < -0.3 is 9.73 Å². The quantitative estimate of drug-likeness (QED) is 0.828. The van der Waals surface area contributed by atoms with Gasteiger partial charge in [0.15, 0.2) is 0 Å². The SMILES string of the molecule is CCN(Cc1ccco1)CC1CCCCN1. The molecular weight excluding hydrogens is 200 g/mol. The van der Waals surface area contributed by atoms with Crippen LogP contribution in [0.2, 0.25) is 0 Å². The van der Waals surface area contributed by atoms with Crippen LogP contribution in [-0.2, 0) is 6.54 Å². The third-order valence-electron chi connectivity index (χ3n) is 3.30. The number of hydrogen-bond donors (Lipinski definition) is 1. The minimum Gasteiger partial charge on any atom is -0.468 e. The van der Waals surface area contributed by atoms with E-state index in [1.807, 2.05) is 6.07 Å². The number of nitrogens with zero attached hydrogens (tertiary/aromatic N) is 1. The molecule has 1 aliphatic rings. The molecule has 1 aliphatic heterocycles. The monoisotopic (exact) mass is 222 g/mol. The summed E-state index contributed by atoms with van der Waals surface area (Å²) >= 11 is 0. The largest absolute Gasteiger partial charge is 0.468 e. The molecule has 1 N–H and O–H groups in total. The maximum Gasteiger partial charge on any atom is 0.117 e. The van der Waals surface area contributed by atoms with E-state index in [2.05, 4.69) is 23.2 Å². The van der Waals surface area contributed by atoms with Gasteiger partial charge in [0, 0.05) is 12.6 Å². The van der Waals surface area contributed by atoms with E-state index in [1.165, 1.54) is 25.8 Å². The summed E-state index contributed by atoms with van der Waals surface area (Å²) in [5, 5.41) is 3.59. The van der Waals surface area contributed by atoms with E-state index in [4.69, 9.17) is 4.42 Å². The molecular formula is C13H22N2O. The zero-order chi connectivity index (χ0) is 11.2. The van der Waals surface area contributed by atoms with Crippen LogP contribution < -0.4 is 5.32 Å². The van der Waals surface area contributed by atoms with Gasteiger partial charge >= 0.3 is 0 Å². The first-order chi connectivity index (χ1) is 7.88. The van der Waals surface area contributed by atoms with Crippen molar-refractivity contribution in [3.05, 3.63) is 24.2 Å². The Hall–Kier alpha value is -0.800. The van der Waals surface area contributed by atoms with Crippen molar-refractivity contribution in [2.45, 2.75) is 38.8 Å². The van der Waals surface area contributed by atoms with Crippen molar-refractivity contribution in [1.82, 2.24) is 10.2 Å². The molecule has 1 fully saturated rings. The van der Waals surface area contributed by atoms with Gasteiger partial charge in [-0.3, -0.25) is 4.90 Å². The van der Waals surface area contributed by atoms with Crippen LogP contribution in [0.4, 0.5) is 0 Å². The Balaban J connectivity index is 1.80. The van der Waals surface area contributed by atoms with Gasteiger partial charge in [0.05, 0.1) is 12.8 Å². The van der Waals surface area contributed by atoms with Crippen LogP contribution in [0.5, 0.6) is 0 Å². The molecule has 1 unspecified atom stereocenters. The van der Waals surface area contributed by atoms with Crippen molar-refractivity contribution in [1.29, 1.82) is 0 Å². The molecule has 0 aromatic carbocycles. The van der Waals surface area contributed by atoms with Crippen molar-refractivity contribution in [2.75, 3.05) is 19.6 Å². The Morgan fingerprint density at radius 1 is 1.50 bits per heavy atom. The van der Waals surface area contributed by atoms with Crippen LogP contribution in [0.25, 0.3) is 0 Å². The van der Waals surface area contributed by atoms with Gasteiger partial charge in [-0.2, -0.15) is 0 Å². The third kappa shape index (κ3) is 3.35. The maximum absolute atomic E-state index is 5.39. The fourth-order valence-corrected chi connectivity index (χ4v) is 2.32. The zero-order valence-corrected chi connectivity index (χ0v) is 10.1. The summed E-state index contributed by atoms with van der Waals surface area (Å²) in [7, 11) is 0. The van der Waals surface area contributed by atoms with Crippen molar-refractivity contribution in [2.24, 2.45) is 0 Å². The fraction of sp³-hybridized carbons (Fsp3) is 0.692. The van der Waals surface area contributed by atoms with E-state index >= 15 is 0 Å². The predicted octanol–water partition coefficient (Wildman–Crippen LogP) is 2.24. The van der Waals surface area contributed by atoms with Gasteiger partial charge in [0.2, 0.25) is 0 Å². The minimum absolute atomic E-state index is 0.670. The first-order valence-electron chi connectivity index (χ1n) is 6.36. The Morgan fingerprint density at radius 3 is 3.06 bits per heavy atom. The summed E-state index contributed by atoms with van der Waals surface area (Å²) in [6.07, 6.45) is 5.77. The molecule has 90 valence electrons. The van der Waals surface area contributed by atoms with E-state index in [0.29, 0.717) is 6.04 Å². The second kappa shape index (κ2) is 6.06. The lowest BCUT2D eigenvalue weighted by Gasteiger charge is -2.29. The highest BCUT2D eigenvalue weighted by molar-refractivity contribution is 4.98. The molecule has 0 saturated carbocycles.